The van der Waals surface area contributed by atoms with Crippen molar-refractivity contribution < 1.29 is 23.7 Å². The molecular weight excluding hydrogens is 516 g/mol. The summed E-state index contributed by atoms with van der Waals surface area (Å²) in [6.45, 7) is 5.39. The van der Waals surface area contributed by atoms with Gasteiger partial charge in [0, 0.05) is 0 Å². The van der Waals surface area contributed by atoms with Crippen LogP contribution in [0.5, 0.6) is 17.2 Å². The topological polar surface area (TPSA) is 106 Å². The summed E-state index contributed by atoms with van der Waals surface area (Å²) < 4.78 is 22.6. The molecule has 2 aliphatic heterocycles. The van der Waals surface area contributed by atoms with Crippen molar-refractivity contribution in [2.75, 3.05) is 33.5 Å². The van der Waals surface area contributed by atoms with Gasteiger partial charge in [-0.3, -0.25) is 10.2 Å². The van der Waals surface area contributed by atoms with Crippen LogP contribution in [0.1, 0.15) is 24.5 Å². The number of hydrazone groups is 1. The fraction of sp³-hybridized carbons (Fsp3) is 0.308. The first-order chi connectivity index (χ1) is 17.9. The Morgan fingerprint density at radius 1 is 1.11 bits per heavy atom. The molecule has 0 fully saturated rings. The highest BCUT2D eigenvalue weighted by Crippen LogP contribution is 2.37. The molecule has 194 valence electrons. The highest BCUT2D eigenvalue weighted by Gasteiger charge is 2.35. The first-order valence-electron chi connectivity index (χ1n) is 11.7. The van der Waals surface area contributed by atoms with Gasteiger partial charge < -0.3 is 18.9 Å². The van der Waals surface area contributed by atoms with Gasteiger partial charge in [-0.15, -0.1) is 0 Å². The number of carbonyl (C=O) groups excluding carboxylic acids is 1. The van der Waals surface area contributed by atoms with E-state index in [2.05, 4.69) is 10.1 Å². The van der Waals surface area contributed by atoms with Gasteiger partial charge in [0.15, 0.2) is 17.3 Å². The summed E-state index contributed by atoms with van der Waals surface area (Å²) in [5, 5.41) is 15.7. The maximum atomic E-state index is 12.6. The molecular formula is C26H27ClN4O5S. The third-order valence-corrected chi connectivity index (χ3v) is 6.75. The number of hydrogen-bond acceptors (Lipinski definition) is 8. The molecule has 0 saturated heterocycles. The van der Waals surface area contributed by atoms with Crippen molar-refractivity contribution >= 4 is 51.4 Å². The van der Waals surface area contributed by atoms with Crippen LogP contribution >= 0.6 is 23.4 Å². The summed E-state index contributed by atoms with van der Waals surface area (Å²) in [5.74, 6) is 1.05. The summed E-state index contributed by atoms with van der Waals surface area (Å²) in [6, 6.07) is 11.1. The quantitative estimate of drug-likeness (QED) is 0.309. The fourth-order valence-electron chi connectivity index (χ4n) is 3.54. The largest absolute Gasteiger partial charge is 0.493 e. The SMILES string of the molecule is CCC1=NN2C(=N)/C(=C/c3cc(Cl)c(OCCOCCOc4ccccc4C)c(OC)c3)C(=O)N=C2S1. The molecule has 2 aromatic rings. The van der Waals surface area contributed by atoms with E-state index in [9.17, 15) is 4.79 Å². The van der Waals surface area contributed by atoms with Gasteiger partial charge in [-0.2, -0.15) is 15.1 Å². The highest BCUT2D eigenvalue weighted by atomic mass is 35.5. The number of halogens is 1. The Morgan fingerprint density at radius 3 is 2.59 bits per heavy atom. The van der Waals surface area contributed by atoms with Crippen molar-refractivity contribution in [1.29, 1.82) is 5.41 Å². The first-order valence-corrected chi connectivity index (χ1v) is 12.9. The van der Waals surface area contributed by atoms with E-state index < -0.39 is 5.91 Å². The Hall–Kier alpha value is -3.34. The van der Waals surface area contributed by atoms with Crippen LogP contribution in [0.4, 0.5) is 0 Å². The van der Waals surface area contributed by atoms with E-state index in [1.54, 1.807) is 18.2 Å². The lowest BCUT2D eigenvalue weighted by atomic mass is 10.1. The highest BCUT2D eigenvalue weighted by molar-refractivity contribution is 8.26. The number of methoxy groups -OCH3 is 1. The molecule has 0 atom stereocenters. The van der Waals surface area contributed by atoms with Crippen molar-refractivity contribution in [1.82, 2.24) is 5.01 Å². The average Bonchev–Trinajstić information content (AvgIpc) is 3.31. The normalized spacial score (nSPS) is 16.0. The van der Waals surface area contributed by atoms with Crippen molar-refractivity contribution in [3.63, 3.8) is 0 Å². The summed E-state index contributed by atoms with van der Waals surface area (Å²) in [6.07, 6.45) is 2.24. The summed E-state index contributed by atoms with van der Waals surface area (Å²) in [4.78, 5) is 16.7. The molecule has 11 heteroatoms. The molecule has 2 heterocycles. The molecule has 1 amide bonds. The number of benzene rings is 2. The molecule has 37 heavy (non-hydrogen) atoms. The summed E-state index contributed by atoms with van der Waals surface area (Å²) >= 11 is 7.78. The number of para-hydroxylation sites is 1. The lowest BCUT2D eigenvalue weighted by molar-refractivity contribution is -0.114. The molecule has 4 rings (SSSR count). The van der Waals surface area contributed by atoms with Crippen LogP contribution < -0.4 is 14.2 Å². The van der Waals surface area contributed by atoms with E-state index in [0.717, 1.165) is 16.4 Å². The molecule has 0 aromatic heterocycles. The van der Waals surface area contributed by atoms with Crippen molar-refractivity contribution in [3.05, 3.63) is 58.1 Å². The number of aliphatic imine (C=N–C) groups is 1. The molecule has 0 radical (unpaired) electrons. The van der Waals surface area contributed by atoms with E-state index >= 15 is 0 Å². The monoisotopic (exact) mass is 542 g/mol. The van der Waals surface area contributed by atoms with E-state index in [1.807, 2.05) is 38.1 Å². The van der Waals surface area contributed by atoms with Gasteiger partial charge in [0.1, 0.15) is 24.0 Å². The number of carbonyl (C=O) groups is 1. The number of thioether (sulfide) groups is 1. The van der Waals surface area contributed by atoms with E-state index in [1.165, 1.54) is 23.9 Å². The summed E-state index contributed by atoms with van der Waals surface area (Å²) in [7, 11) is 1.50. The first kappa shape index (κ1) is 26.7. The maximum absolute atomic E-state index is 12.6. The standard InChI is InChI=1S/C26H27ClN4O5S/c1-4-22-30-31-24(28)18(25(32)29-26(31)37-22)13-17-14-19(27)23(21(15-17)33-3)36-12-10-34-9-11-35-20-8-6-5-7-16(20)2/h5-8,13-15,28H,4,9-12H2,1-3H3/b18-13-,28-24?. The second-order valence-corrected chi connectivity index (χ2v) is 9.42. The predicted molar refractivity (Wildman–Crippen MR) is 146 cm³/mol. The number of amidine groups is 2. The zero-order valence-electron chi connectivity index (χ0n) is 20.7. The Morgan fingerprint density at radius 2 is 1.86 bits per heavy atom. The van der Waals surface area contributed by atoms with Gasteiger partial charge in [0.25, 0.3) is 5.91 Å². The van der Waals surface area contributed by atoms with Crippen LogP contribution in [0.2, 0.25) is 5.02 Å². The lowest BCUT2D eigenvalue weighted by Gasteiger charge is -2.20. The number of ether oxygens (including phenoxy) is 4. The molecule has 0 aliphatic carbocycles. The van der Waals surface area contributed by atoms with Crippen LogP contribution in [0.15, 0.2) is 52.1 Å². The fourth-order valence-corrected chi connectivity index (χ4v) is 4.64. The van der Waals surface area contributed by atoms with Gasteiger partial charge in [-0.25, -0.2) is 0 Å². The van der Waals surface area contributed by atoms with Gasteiger partial charge in [0.05, 0.1) is 30.9 Å². The molecule has 0 unspecified atom stereocenters. The minimum atomic E-state index is -0.504. The van der Waals surface area contributed by atoms with Gasteiger partial charge in [-0.05, 0) is 60.5 Å². The zero-order chi connectivity index (χ0) is 26.4. The molecule has 0 saturated carbocycles. The van der Waals surface area contributed by atoms with Crippen molar-refractivity contribution in [2.24, 2.45) is 10.1 Å². The number of amides is 1. The second kappa shape index (κ2) is 12.3. The van der Waals surface area contributed by atoms with E-state index in [4.69, 9.17) is 36.0 Å². The van der Waals surface area contributed by atoms with Crippen LogP contribution in [-0.2, 0) is 9.53 Å². The Kier molecular flexibility index (Phi) is 8.86. The zero-order valence-corrected chi connectivity index (χ0v) is 22.3. The van der Waals surface area contributed by atoms with E-state index in [0.29, 0.717) is 53.5 Å². The van der Waals surface area contributed by atoms with Crippen molar-refractivity contribution in [2.45, 2.75) is 20.3 Å². The molecule has 0 spiro atoms. The number of hydrogen-bond donors (Lipinski definition) is 1. The van der Waals surface area contributed by atoms with Crippen molar-refractivity contribution in [3.8, 4) is 17.2 Å². The molecule has 2 aromatic carbocycles. The number of aryl methyl sites for hydroxylation is 1. The van der Waals surface area contributed by atoms with Gasteiger partial charge in [-0.1, -0.05) is 36.7 Å². The smallest absolute Gasteiger partial charge is 0.283 e. The molecule has 2 aliphatic rings. The lowest BCUT2D eigenvalue weighted by Crippen LogP contribution is -2.35. The predicted octanol–water partition coefficient (Wildman–Crippen LogP) is 5.16. The number of rotatable bonds is 11. The van der Waals surface area contributed by atoms with Crippen LogP contribution in [0.25, 0.3) is 6.08 Å². The Bertz CT molecular complexity index is 1290. The third-order valence-electron chi connectivity index (χ3n) is 5.41. The molecule has 1 N–H and O–H groups in total. The minimum Gasteiger partial charge on any atom is -0.493 e. The number of nitrogens with one attached hydrogen (secondary N) is 1. The molecule has 9 nitrogen and oxygen atoms in total. The Labute approximate surface area is 224 Å². The van der Waals surface area contributed by atoms with Crippen LogP contribution in [-0.4, -0.2) is 60.5 Å². The van der Waals surface area contributed by atoms with Gasteiger partial charge >= 0.3 is 0 Å². The van der Waals surface area contributed by atoms with Gasteiger partial charge in [0.2, 0.25) is 5.17 Å². The second-order valence-electron chi connectivity index (χ2n) is 7.98. The van der Waals surface area contributed by atoms with E-state index in [-0.39, 0.29) is 18.0 Å². The average molecular weight is 543 g/mol. The van der Waals surface area contributed by atoms with Crippen LogP contribution in [0, 0.1) is 12.3 Å². The minimum absolute atomic E-state index is 0.0371. The molecule has 0 bridgehead atoms. The van der Waals surface area contributed by atoms with Crippen LogP contribution in [0.3, 0.4) is 0 Å². The number of nitrogens with zero attached hydrogens (tertiary/aromatic N) is 3. The summed E-state index contributed by atoms with van der Waals surface area (Å²) in [5.41, 5.74) is 1.75. The number of fused-ring (bicyclic) bond motifs is 1. The Balaban J connectivity index is 1.35. The third kappa shape index (κ3) is 6.33. The maximum Gasteiger partial charge on any atom is 0.283 e.